The molecule has 0 saturated carbocycles. The summed E-state index contributed by atoms with van der Waals surface area (Å²) in [6.07, 6.45) is -2.53. The number of benzene rings is 1. The standard InChI is InChI=1S/C14H20F3NO/c1-11(2)6-5-9-18-10-12-7-3-4-8-13(12)19-14(15,16)17/h3-4,7-8,11,18H,5-6,9-10H2,1-2H3. The van der Waals surface area contributed by atoms with Crippen molar-refractivity contribution in [1.29, 1.82) is 0 Å². The Balaban J connectivity index is 2.45. The molecule has 0 amide bonds. The van der Waals surface area contributed by atoms with Crippen molar-refractivity contribution < 1.29 is 17.9 Å². The largest absolute Gasteiger partial charge is 0.573 e. The summed E-state index contributed by atoms with van der Waals surface area (Å²) in [4.78, 5) is 0. The van der Waals surface area contributed by atoms with Crippen molar-refractivity contribution in [1.82, 2.24) is 5.32 Å². The molecule has 1 N–H and O–H groups in total. The summed E-state index contributed by atoms with van der Waals surface area (Å²) in [5.74, 6) is 0.508. The van der Waals surface area contributed by atoms with Crippen molar-refractivity contribution >= 4 is 0 Å². The molecular formula is C14H20F3NO. The number of hydrogen-bond acceptors (Lipinski definition) is 2. The minimum absolute atomic E-state index is 0.133. The molecule has 0 radical (unpaired) electrons. The summed E-state index contributed by atoms with van der Waals surface area (Å²) in [5.41, 5.74) is 0.518. The zero-order chi connectivity index (χ0) is 14.3. The molecule has 108 valence electrons. The average molecular weight is 275 g/mol. The summed E-state index contributed by atoms with van der Waals surface area (Å²) >= 11 is 0. The number of ether oxygens (including phenoxy) is 1. The Morgan fingerprint density at radius 1 is 1.21 bits per heavy atom. The molecule has 5 heteroatoms. The summed E-state index contributed by atoms with van der Waals surface area (Å²) in [5, 5.41) is 3.14. The highest BCUT2D eigenvalue weighted by atomic mass is 19.4. The van der Waals surface area contributed by atoms with Crippen LogP contribution in [-0.4, -0.2) is 12.9 Å². The van der Waals surface area contributed by atoms with Crippen molar-refractivity contribution in [3.63, 3.8) is 0 Å². The van der Waals surface area contributed by atoms with E-state index >= 15 is 0 Å². The fraction of sp³-hybridized carbons (Fsp3) is 0.571. The van der Waals surface area contributed by atoms with Crippen LogP contribution in [0.2, 0.25) is 0 Å². The molecule has 0 aliphatic rings. The van der Waals surface area contributed by atoms with Crippen molar-refractivity contribution in [2.75, 3.05) is 6.54 Å². The van der Waals surface area contributed by atoms with Crippen molar-refractivity contribution in [3.05, 3.63) is 29.8 Å². The smallest absolute Gasteiger partial charge is 0.405 e. The molecule has 0 spiro atoms. The maximum absolute atomic E-state index is 12.2. The van der Waals surface area contributed by atoms with E-state index in [9.17, 15) is 13.2 Å². The quantitative estimate of drug-likeness (QED) is 0.756. The summed E-state index contributed by atoms with van der Waals surface area (Å²) in [6.45, 7) is 5.46. The third-order valence-corrected chi connectivity index (χ3v) is 2.65. The summed E-state index contributed by atoms with van der Waals surface area (Å²) < 4.78 is 40.6. The highest BCUT2D eigenvalue weighted by Crippen LogP contribution is 2.25. The molecular weight excluding hydrogens is 255 g/mol. The van der Waals surface area contributed by atoms with Crippen molar-refractivity contribution in [2.45, 2.75) is 39.6 Å². The lowest BCUT2D eigenvalue weighted by Crippen LogP contribution is -2.20. The molecule has 0 aliphatic carbocycles. The van der Waals surface area contributed by atoms with Gasteiger partial charge in [-0.3, -0.25) is 0 Å². The topological polar surface area (TPSA) is 21.3 Å². The minimum atomic E-state index is -4.65. The van der Waals surface area contributed by atoms with E-state index in [0.29, 0.717) is 18.0 Å². The molecule has 0 aliphatic heterocycles. The molecule has 0 fully saturated rings. The Morgan fingerprint density at radius 2 is 1.89 bits per heavy atom. The first-order valence-corrected chi connectivity index (χ1v) is 6.43. The van der Waals surface area contributed by atoms with Crippen LogP contribution < -0.4 is 10.1 Å². The van der Waals surface area contributed by atoms with Crippen LogP contribution in [0.15, 0.2) is 24.3 Å². The van der Waals surface area contributed by atoms with Gasteiger partial charge in [0.15, 0.2) is 0 Å². The predicted octanol–water partition coefficient (Wildman–Crippen LogP) is 4.11. The molecule has 0 unspecified atom stereocenters. The Kier molecular flexibility index (Phi) is 6.15. The van der Waals surface area contributed by atoms with E-state index in [1.54, 1.807) is 12.1 Å². The van der Waals surface area contributed by atoms with Gasteiger partial charge >= 0.3 is 6.36 Å². The van der Waals surface area contributed by atoms with E-state index in [0.717, 1.165) is 19.4 Å². The minimum Gasteiger partial charge on any atom is -0.405 e. The van der Waals surface area contributed by atoms with Crippen LogP contribution in [0.4, 0.5) is 13.2 Å². The van der Waals surface area contributed by atoms with Gasteiger partial charge in [0.05, 0.1) is 0 Å². The van der Waals surface area contributed by atoms with Gasteiger partial charge in [0.1, 0.15) is 5.75 Å². The van der Waals surface area contributed by atoms with E-state index in [2.05, 4.69) is 23.9 Å². The fourth-order valence-electron chi connectivity index (χ4n) is 1.73. The lowest BCUT2D eigenvalue weighted by Gasteiger charge is -2.13. The maximum atomic E-state index is 12.2. The first-order chi connectivity index (χ1) is 8.88. The van der Waals surface area contributed by atoms with Crippen LogP contribution in [0.3, 0.4) is 0 Å². The van der Waals surface area contributed by atoms with Gasteiger partial charge in [-0.2, -0.15) is 0 Å². The third kappa shape index (κ3) is 7.06. The SMILES string of the molecule is CC(C)CCCNCc1ccccc1OC(F)(F)F. The highest BCUT2D eigenvalue weighted by Gasteiger charge is 2.31. The Labute approximate surface area is 112 Å². The van der Waals surface area contributed by atoms with E-state index in [-0.39, 0.29) is 5.75 Å². The number of hydrogen-bond donors (Lipinski definition) is 1. The third-order valence-electron chi connectivity index (χ3n) is 2.65. The molecule has 0 atom stereocenters. The van der Waals surface area contributed by atoms with Gasteiger partial charge in [0, 0.05) is 12.1 Å². The van der Waals surface area contributed by atoms with Crippen LogP contribution in [0.5, 0.6) is 5.75 Å². The highest BCUT2D eigenvalue weighted by molar-refractivity contribution is 5.33. The summed E-state index contributed by atoms with van der Waals surface area (Å²) in [6, 6.07) is 6.20. The number of nitrogens with one attached hydrogen (secondary N) is 1. The Hall–Kier alpha value is -1.23. The van der Waals surface area contributed by atoms with E-state index in [1.807, 2.05) is 0 Å². The first-order valence-electron chi connectivity index (χ1n) is 6.43. The molecule has 19 heavy (non-hydrogen) atoms. The van der Waals surface area contributed by atoms with Gasteiger partial charge in [0.25, 0.3) is 0 Å². The fourth-order valence-corrected chi connectivity index (χ4v) is 1.73. The lowest BCUT2D eigenvalue weighted by atomic mass is 10.1. The second kappa shape index (κ2) is 7.38. The van der Waals surface area contributed by atoms with Crippen LogP contribution in [0.1, 0.15) is 32.3 Å². The second-order valence-corrected chi connectivity index (χ2v) is 4.87. The van der Waals surface area contributed by atoms with Gasteiger partial charge in [0.2, 0.25) is 0 Å². The number of para-hydroxylation sites is 1. The Morgan fingerprint density at radius 3 is 2.53 bits per heavy atom. The van der Waals surface area contributed by atoms with E-state index < -0.39 is 6.36 Å². The molecule has 1 rings (SSSR count). The number of halogens is 3. The lowest BCUT2D eigenvalue weighted by molar-refractivity contribution is -0.274. The maximum Gasteiger partial charge on any atom is 0.573 e. The van der Waals surface area contributed by atoms with Gasteiger partial charge in [-0.25, -0.2) is 0 Å². The van der Waals surface area contributed by atoms with Gasteiger partial charge in [-0.05, 0) is 31.4 Å². The average Bonchev–Trinajstić information content (AvgIpc) is 2.28. The molecule has 0 heterocycles. The molecule has 0 aromatic heterocycles. The van der Waals surface area contributed by atoms with Crippen LogP contribution >= 0.6 is 0 Å². The van der Waals surface area contributed by atoms with Crippen LogP contribution in [0, 0.1) is 5.92 Å². The number of rotatable bonds is 7. The molecule has 0 saturated heterocycles. The first kappa shape index (κ1) is 15.8. The van der Waals surface area contributed by atoms with Gasteiger partial charge in [-0.1, -0.05) is 32.0 Å². The monoisotopic (exact) mass is 275 g/mol. The summed E-state index contributed by atoms with van der Waals surface area (Å²) in [7, 11) is 0. The second-order valence-electron chi connectivity index (χ2n) is 4.87. The van der Waals surface area contributed by atoms with E-state index in [1.165, 1.54) is 12.1 Å². The van der Waals surface area contributed by atoms with Gasteiger partial charge in [-0.15, -0.1) is 13.2 Å². The zero-order valence-corrected chi connectivity index (χ0v) is 11.3. The van der Waals surface area contributed by atoms with Crippen LogP contribution in [0.25, 0.3) is 0 Å². The molecule has 2 nitrogen and oxygen atoms in total. The number of alkyl halides is 3. The normalized spacial score (nSPS) is 11.9. The molecule has 1 aromatic rings. The van der Waals surface area contributed by atoms with Crippen molar-refractivity contribution in [2.24, 2.45) is 5.92 Å². The molecule has 1 aromatic carbocycles. The predicted molar refractivity (Wildman–Crippen MR) is 68.9 cm³/mol. The van der Waals surface area contributed by atoms with Gasteiger partial charge < -0.3 is 10.1 Å². The van der Waals surface area contributed by atoms with Crippen LogP contribution in [-0.2, 0) is 6.54 Å². The molecule has 0 bridgehead atoms. The van der Waals surface area contributed by atoms with E-state index in [4.69, 9.17) is 0 Å². The Bertz CT molecular complexity index is 377. The van der Waals surface area contributed by atoms with Crippen molar-refractivity contribution in [3.8, 4) is 5.75 Å². The zero-order valence-electron chi connectivity index (χ0n) is 11.3.